The van der Waals surface area contributed by atoms with Crippen molar-refractivity contribution in [1.29, 1.82) is 0 Å². The van der Waals surface area contributed by atoms with Crippen LogP contribution in [0.4, 0.5) is 0 Å². The number of rotatable bonds is 11. The van der Waals surface area contributed by atoms with Crippen molar-refractivity contribution in [1.82, 2.24) is 4.90 Å². The maximum absolute atomic E-state index is 8.66. The molecule has 1 fully saturated rings. The van der Waals surface area contributed by atoms with Crippen LogP contribution in [0.5, 0.6) is 0 Å². The van der Waals surface area contributed by atoms with E-state index in [0.29, 0.717) is 11.8 Å². The number of piperidine rings is 1. The molecule has 0 amide bonds. The Hall–Kier alpha value is -2.62. The zero-order valence-electron chi connectivity index (χ0n) is 18.9. The Bertz CT molecular complexity index is 756. The number of unbranched alkanes of at least 4 members (excludes halogenated alkanes) is 3. The molecule has 0 bridgehead atoms. The molecule has 1 aliphatic heterocycles. The number of nitrogens with zero attached hydrogens (tertiary/aromatic N) is 3. The molecule has 2 aromatic rings. The summed E-state index contributed by atoms with van der Waals surface area (Å²) in [6, 6.07) is 22.0. The summed E-state index contributed by atoms with van der Waals surface area (Å²) in [4.78, 5) is 7.06. The van der Waals surface area contributed by atoms with Crippen LogP contribution in [-0.2, 0) is 0 Å². The molecular formula is C27H37N3O. The molecular weight excluding hydrogens is 382 g/mol. The number of benzene rings is 2. The summed E-state index contributed by atoms with van der Waals surface area (Å²) >= 11 is 0. The summed E-state index contributed by atoms with van der Waals surface area (Å²) in [6.45, 7) is 4.95. The van der Waals surface area contributed by atoms with Gasteiger partial charge in [0.25, 0.3) is 0 Å². The molecule has 2 aromatic carbocycles. The van der Waals surface area contributed by atoms with E-state index in [9.17, 15) is 0 Å². The zero-order valence-corrected chi connectivity index (χ0v) is 18.9. The third-order valence-corrected chi connectivity index (χ3v) is 6.35. The van der Waals surface area contributed by atoms with Crippen molar-refractivity contribution >= 4 is 12.1 Å². The molecule has 1 aliphatic rings. The van der Waals surface area contributed by atoms with Crippen LogP contribution in [0.3, 0.4) is 0 Å². The van der Waals surface area contributed by atoms with Crippen LogP contribution in [-0.4, -0.2) is 41.8 Å². The Morgan fingerprint density at radius 3 is 2.10 bits per heavy atom. The van der Waals surface area contributed by atoms with E-state index < -0.39 is 0 Å². The fourth-order valence-corrected chi connectivity index (χ4v) is 4.59. The predicted octanol–water partition coefficient (Wildman–Crippen LogP) is 6.36. The van der Waals surface area contributed by atoms with Gasteiger partial charge < -0.3 is 10.1 Å². The molecule has 0 radical (unpaired) electrons. The Balaban J connectivity index is 1.43. The minimum Gasteiger partial charge on any atom is -0.411 e. The average Bonchev–Trinajstić information content (AvgIpc) is 2.83. The van der Waals surface area contributed by atoms with Crippen molar-refractivity contribution in [3.63, 3.8) is 0 Å². The van der Waals surface area contributed by atoms with Crippen LogP contribution < -0.4 is 0 Å². The van der Waals surface area contributed by atoms with Gasteiger partial charge in [-0.2, -0.15) is 0 Å². The van der Waals surface area contributed by atoms with Gasteiger partial charge in [-0.05, 0) is 56.1 Å². The van der Waals surface area contributed by atoms with E-state index in [1.807, 2.05) is 6.92 Å². The standard InChI is InChI=1S/C27H37N3O/c1-23(29-31)12-6-2-3-11-19-28-22-30-20-17-26(18-21-30)27(24-13-7-4-8-14-24)25-15-9-5-10-16-25/h4-5,7-10,13-16,22,26-27,31H,2-3,6,11-12,17-21H2,1H3. The van der Waals surface area contributed by atoms with Crippen molar-refractivity contribution in [2.75, 3.05) is 19.6 Å². The van der Waals surface area contributed by atoms with Crippen LogP contribution in [0.2, 0.25) is 0 Å². The third-order valence-electron chi connectivity index (χ3n) is 6.35. The summed E-state index contributed by atoms with van der Waals surface area (Å²) in [6.07, 6.45) is 9.96. The number of hydrogen-bond donors (Lipinski definition) is 1. The highest BCUT2D eigenvalue weighted by Gasteiger charge is 2.28. The normalized spacial score (nSPS) is 15.8. The van der Waals surface area contributed by atoms with Gasteiger partial charge in [0.1, 0.15) is 0 Å². The molecule has 1 N–H and O–H groups in total. The average molecular weight is 420 g/mol. The van der Waals surface area contributed by atoms with Crippen molar-refractivity contribution in [2.24, 2.45) is 16.1 Å². The first-order valence-corrected chi connectivity index (χ1v) is 11.8. The molecule has 166 valence electrons. The van der Waals surface area contributed by atoms with Crippen molar-refractivity contribution in [3.8, 4) is 0 Å². The van der Waals surface area contributed by atoms with Gasteiger partial charge in [0.05, 0.1) is 12.1 Å². The summed E-state index contributed by atoms with van der Waals surface area (Å²) in [5.74, 6) is 1.14. The molecule has 0 unspecified atom stereocenters. The molecule has 1 saturated heterocycles. The Labute approximate surface area is 187 Å². The van der Waals surface area contributed by atoms with Gasteiger partial charge in [-0.1, -0.05) is 78.7 Å². The van der Waals surface area contributed by atoms with Gasteiger partial charge in [0.2, 0.25) is 0 Å². The lowest BCUT2D eigenvalue weighted by Gasteiger charge is -2.36. The summed E-state index contributed by atoms with van der Waals surface area (Å²) < 4.78 is 0. The number of hydrogen-bond acceptors (Lipinski definition) is 3. The minimum absolute atomic E-state index is 0.473. The van der Waals surface area contributed by atoms with Gasteiger partial charge in [-0.25, -0.2) is 0 Å². The van der Waals surface area contributed by atoms with Gasteiger partial charge in [0, 0.05) is 25.6 Å². The lowest BCUT2D eigenvalue weighted by molar-refractivity contribution is 0.254. The van der Waals surface area contributed by atoms with Gasteiger partial charge in [-0.15, -0.1) is 0 Å². The molecule has 31 heavy (non-hydrogen) atoms. The molecule has 0 spiro atoms. The maximum atomic E-state index is 8.66. The molecule has 0 atom stereocenters. The Kier molecular flexibility index (Phi) is 9.62. The van der Waals surface area contributed by atoms with Crippen LogP contribution in [0.15, 0.2) is 70.8 Å². The predicted molar refractivity (Wildman–Crippen MR) is 130 cm³/mol. The van der Waals surface area contributed by atoms with E-state index in [4.69, 9.17) is 5.21 Å². The van der Waals surface area contributed by atoms with Gasteiger partial charge >= 0.3 is 0 Å². The van der Waals surface area contributed by atoms with E-state index in [1.54, 1.807) is 0 Å². The van der Waals surface area contributed by atoms with Crippen LogP contribution in [0, 0.1) is 5.92 Å². The van der Waals surface area contributed by atoms with Crippen LogP contribution >= 0.6 is 0 Å². The first-order chi connectivity index (χ1) is 15.3. The number of likely N-dealkylation sites (tertiary alicyclic amines) is 1. The quantitative estimate of drug-likeness (QED) is 0.151. The van der Waals surface area contributed by atoms with Crippen molar-refractivity contribution in [2.45, 2.75) is 57.8 Å². The van der Waals surface area contributed by atoms with E-state index in [2.05, 4.69) is 82.1 Å². The largest absolute Gasteiger partial charge is 0.411 e. The molecule has 0 saturated carbocycles. The zero-order chi connectivity index (χ0) is 21.7. The van der Waals surface area contributed by atoms with E-state index in [0.717, 1.165) is 44.6 Å². The number of aliphatic imine (C=N–C) groups is 1. The molecule has 4 heteroatoms. The molecule has 1 heterocycles. The SMILES string of the molecule is CC(CCCCCCN=CN1CCC(C(c2ccccc2)c2ccccc2)CC1)=NO. The summed E-state index contributed by atoms with van der Waals surface area (Å²) in [7, 11) is 0. The van der Waals surface area contributed by atoms with Gasteiger partial charge in [-0.3, -0.25) is 4.99 Å². The first kappa shape index (κ1) is 23.1. The molecule has 0 aliphatic carbocycles. The van der Waals surface area contributed by atoms with E-state index in [1.165, 1.54) is 36.8 Å². The third kappa shape index (κ3) is 7.54. The topological polar surface area (TPSA) is 48.2 Å². The second-order valence-corrected chi connectivity index (χ2v) is 8.69. The molecule has 4 nitrogen and oxygen atoms in total. The highest BCUT2D eigenvalue weighted by molar-refractivity contribution is 5.81. The maximum Gasteiger partial charge on any atom is 0.0849 e. The van der Waals surface area contributed by atoms with E-state index >= 15 is 0 Å². The fourth-order valence-electron chi connectivity index (χ4n) is 4.59. The second-order valence-electron chi connectivity index (χ2n) is 8.69. The Morgan fingerprint density at radius 1 is 0.935 bits per heavy atom. The minimum atomic E-state index is 0.473. The lowest BCUT2D eigenvalue weighted by atomic mass is 9.76. The van der Waals surface area contributed by atoms with Gasteiger partial charge in [0.15, 0.2) is 0 Å². The van der Waals surface area contributed by atoms with E-state index in [-0.39, 0.29) is 0 Å². The number of oxime groups is 1. The highest BCUT2D eigenvalue weighted by atomic mass is 16.4. The smallest absolute Gasteiger partial charge is 0.0849 e. The van der Waals surface area contributed by atoms with Crippen LogP contribution in [0.1, 0.15) is 68.9 Å². The molecule has 0 aromatic heterocycles. The Morgan fingerprint density at radius 2 is 1.52 bits per heavy atom. The summed E-state index contributed by atoms with van der Waals surface area (Å²) in [5.41, 5.74) is 3.69. The second kappa shape index (κ2) is 12.9. The van der Waals surface area contributed by atoms with Crippen LogP contribution in [0.25, 0.3) is 0 Å². The van der Waals surface area contributed by atoms with Crippen molar-refractivity contribution in [3.05, 3.63) is 71.8 Å². The molecule has 3 rings (SSSR count). The monoisotopic (exact) mass is 419 g/mol. The summed E-state index contributed by atoms with van der Waals surface area (Å²) in [5, 5.41) is 11.9. The fraction of sp³-hybridized carbons (Fsp3) is 0.481. The highest BCUT2D eigenvalue weighted by Crippen LogP contribution is 2.37. The van der Waals surface area contributed by atoms with Crippen molar-refractivity contribution < 1.29 is 5.21 Å². The lowest BCUT2D eigenvalue weighted by Crippen LogP contribution is -2.35. The first-order valence-electron chi connectivity index (χ1n) is 11.8.